The first-order valence-electron chi connectivity index (χ1n) is 7.58. The summed E-state index contributed by atoms with van der Waals surface area (Å²) in [4.78, 5) is 24.2. The van der Waals surface area contributed by atoms with Crippen molar-refractivity contribution in [3.63, 3.8) is 0 Å². The van der Waals surface area contributed by atoms with Crippen molar-refractivity contribution in [3.05, 3.63) is 0 Å². The number of esters is 2. The van der Waals surface area contributed by atoms with Crippen LogP contribution in [0.5, 0.6) is 0 Å². The number of quaternary nitrogens is 1. The van der Waals surface area contributed by atoms with Gasteiger partial charge >= 0.3 is 11.9 Å². The summed E-state index contributed by atoms with van der Waals surface area (Å²) < 4.78 is 11.0. The molecule has 0 rings (SSSR count). The van der Waals surface area contributed by atoms with Gasteiger partial charge in [0.1, 0.15) is 19.8 Å². The van der Waals surface area contributed by atoms with Gasteiger partial charge in [-0.25, -0.2) is 0 Å². The maximum atomic E-state index is 12.2. The Morgan fingerprint density at radius 1 is 0.909 bits per heavy atom. The predicted molar refractivity (Wildman–Crippen MR) is 84.1 cm³/mol. The van der Waals surface area contributed by atoms with Gasteiger partial charge in [-0.1, -0.05) is 0 Å². The zero-order valence-corrected chi connectivity index (χ0v) is 15.1. The maximum absolute atomic E-state index is 12.2. The second-order valence-electron chi connectivity index (χ2n) is 7.95. The summed E-state index contributed by atoms with van der Waals surface area (Å²) in [7, 11) is 6.08. The lowest BCUT2D eigenvalue weighted by molar-refractivity contribution is -0.870. The first kappa shape index (κ1) is 20.9. The van der Waals surface area contributed by atoms with E-state index >= 15 is 0 Å². The third-order valence-corrected chi connectivity index (χ3v) is 3.31. The molecule has 0 atom stereocenters. The van der Waals surface area contributed by atoms with Crippen molar-refractivity contribution in [1.82, 2.24) is 0 Å². The number of aliphatic hydroxyl groups excluding tert-OH is 1. The van der Waals surface area contributed by atoms with Crippen LogP contribution in [-0.4, -0.2) is 69.0 Å². The molecule has 0 spiro atoms. The second-order valence-corrected chi connectivity index (χ2v) is 7.95. The number of aliphatic hydroxyl groups is 1. The largest absolute Gasteiger partial charge is 0.463 e. The molecule has 0 aliphatic rings. The average molecular weight is 318 g/mol. The van der Waals surface area contributed by atoms with Crippen molar-refractivity contribution >= 4 is 11.9 Å². The van der Waals surface area contributed by atoms with E-state index in [1.54, 1.807) is 27.7 Å². The Kier molecular flexibility index (Phi) is 7.51. The molecular formula is C16H32NO5+. The van der Waals surface area contributed by atoms with Gasteiger partial charge in [-0.15, -0.1) is 0 Å². The van der Waals surface area contributed by atoms with Crippen LogP contribution in [0.15, 0.2) is 0 Å². The van der Waals surface area contributed by atoms with Crippen LogP contribution in [0, 0.1) is 10.8 Å². The fourth-order valence-corrected chi connectivity index (χ4v) is 2.19. The quantitative estimate of drug-likeness (QED) is 0.511. The Hall–Kier alpha value is -1.14. The van der Waals surface area contributed by atoms with E-state index in [0.717, 1.165) is 6.54 Å². The third-order valence-electron chi connectivity index (χ3n) is 3.31. The normalized spacial score (nSPS) is 12.9. The van der Waals surface area contributed by atoms with E-state index in [0.29, 0.717) is 17.5 Å². The summed E-state index contributed by atoms with van der Waals surface area (Å²) in [6.07, 6.45) is 0.313. The smallest absolute Gasteiger partial charge is 0.311 e. The van der Waals surface area contributed by atoms with E-state index in [1.807, 2.05) is 21.1 Å². The summed E-state index contributed by atoms with van der Waals surface area (Å²) in [5.41, 5.74) is -1.61. The van der Waals surface area contributed by atoms with Crippen molar-refractivity contribution in [2.45, 2.75) is 34.1 Å². The Balaban J connectivity index is 4.59. The molecule has 1 N–H and O–H groups in total. The topological polar surface area (TPSA) is 72.8 Å². The highest BCUT2D eigenvalue weighted by atomic mass is 16.5. The van der Waals surface area contributed by atoms with Crippen LogP contribution in [0.4, 0.5) is 0 Å². The molecule has 0 bridgehead atoms. The van der Waals surface area contributed by atoms with Crippen LogP contribution in [0.25, 0.3) is 0 Å². The van der Waals surface area contributed by atoms with Gasteiger partial charge in [-0.3, -0.25) is 9.59 Å². The predicted octanol–water partition coefficient (Wildman–Crippen LogP) is 1.21. The number of nitrogens with zero attached hydrogens (tertiary/aromatic N) is 1. The fraction of sp³-hybridized carbons (Fsp3) is 0.875. The van der Waals surface area contributed by atoms with Gasteiger partial charge in [0.05, 0.1) is 38.6 Å². The Morgan fingerprint density at radius 3 is 1.68 bits per heavy atom. The van der Waals surface area contributed by atoms with E-state index in [2.05, 4.69) is 0 Å². The number of hydrogen-bond donors (Lipinski definition) is 1. The molecule has 0 saturated heterocycles. The van der Waals surface area contributed by atoms with Crippen molar-refractivity contribution in [3.8, 4) is 0 Å². The van der Waals surface area contributed by atoms with Gasteiger partial charge in [0.2, 0.25) is 0 Å². The number of carbonyl (C=O) groups is 2. The zero-order valence-electron chi connectivity index (χ0n) is 15.1. The molecule has 0 fully saturated rings. The first-order valence-corrected chi connectivity index (χ1v) is 7.58. The summed E-state index contributed by atoms with van der Waals surface area (Å²) in [6.45, 7) is 7.83. The van der Waals surface area contributed by atoms with E-state index in [1.165, 1.54) is 0 Å². The molecule has 130 valence electrons. The van der Waals surface area contributed by atoms with E-state index in [-0.39, 0.29) is 19.2 Å². The minimum atomic E-state index is -0.822. The average Bonchev–Trinajstić information content (AvgIpc) is 2.32. The Bertz CT molecular complexity index is 382. The highest BCUT2D eigenvalue weighted by molar-refractivity contribution is 5.80. The van der Waals surface area contributed by atoms with Crippen LogP contribution in [0.3, 0.4) is 0 Å². The molecule has 22 heavy (non-hydrogen) atoms. The summed E-state index contributed by atoms with van der Waals surface area (Å²) in [5, 5.41) is 8.71. The molecule has 0 aromatic rings. The Morgan fingerprint density at radius 2 is 1.32 bits per heavy atom. The summed E-state index contributed by atoms with van der Waals surface area (Å²) in [6, 6.07) is 0. The number of ether oxygens (including phenoxy) is 2. The molecule has 0 amide bonds. The van der Waals surface area contributed by atoms with Gasteiger partial charge in [0.25, 0.3) is 0 Å². The molecule has 0 heterocycles. The fourth-order valence-electron chi connectivity index (χ4n) is 2.19. The minimum absolute atomic E-state index is 0.0311. The lowest BCUT2D eigenvalue weighted by Crippen LogP contribution is -2.40. The van der Waals surface area contributed by atoms with Crippen LogP contribution in [-0.2, 0) is 19.1 Å². The van der Waals surface area contributed by atoms with Gasteiger partial charge in [0, 0.05) is 0 Å². The molecule has 0 aromatic carbocycles. The number of carbonyl (C=O) groups excluding carboxylic acids is 2. The summed E-state index contributed by atoms with van der Waals surface area (Å²) >= 11 is 0. The molecule has 6 nitrogen and oxygen atoms in total. The molecule has 0 radical (unpaired) electrons. The number of rotatable bonds is 9. The van der Waals surface area contributed by atoms with Crippen LogP contribution < -0.4 is 0 Å². The molecular weight excluding hydrogens is 286 g/mol. The van der Waals surface area contributed by atoms with Crippen molar-refractivity contribution in [2.24, 2.45) is 10.8 Å². The van der Waals surface area contributed by atoms with Crippen molar-refractivity contribution < 1.29 is 28.7 Å². The SMILES string of the molecule is CC(C)(CC(C)(C)C(=O)OCC[N+](C)(C)C)C(=O)OCCO. The monoisotopic (exact) mass is 318 g/mol. The molecule has 0 aromatic heterocycles. The van der Waals surface area contributed by atoms with Crippen LogP contribution in [0.1, 0.15) is 34.1 Å². The standard InChI is InChI=1S/C16H32NO5/c1-15(2,13(19)21-10-8-17(5,6)7)12-16(3,4)14(20)22-11-9-18/h18H,8-12H2,1-7H3/q+1. The van der Waals surface area contributed by atoms with E-state index < -0.39 is 16.8 Å². The molecule has 0 saturated carbocycles. The molecule has 0 aliphatic heterocycles. The Labute approximate surface area is 134 Å². The van der Waals surface area contributed by atoms with Gasteiger partial charge in [-0.2, -0.15) is 0 Å². The highest BCUT2D eigenvalue weighted by Gasteiger charge is 2.41. The van der Waals surface area contributed by atoms with Crippen molar-refractivity contribution in [2.75, 3.05) is 47.5 Å². The van der Waals surface area contributed by atoms with Gasteiger partial charge in [-0.05, 0) is 34.1 Å². The number of likely N-dealkylation sites (N-methyl/N-ethyl adjacent to an activating group) is 1. The summed E-state index contributed by atoms with van der Waals surface area (Å²) in [5.74, 6) is -0.738. The van der Waals surface area contributed by atoms with Gasteiger partial charge < -0.3 is 19.1 Å². The molecule has 6 heteroatoms. The number of hydrogen-bond acceptors (Lipinski definition) is 5. The lowest BCUT2D eigenvalue weighted by Gasteiger charge is -2.32. The first-order chi connectivity index (χ1) is 9.82. The lowest BCUT2D eigenvalue weighted by atomic mass is 9.75. The molecule has 0 unspecified atom stereocenters. The molecule has 0 aliphatic carbocycles. The maximum Gasteiger partial charge on any atom is 0.311 e. The van der Waals surface area contributed by atoms with Crippen molar-refractivity contribution in [1.29, 1.82) is 0 Å². The van der Waals surface area contributed by atoms with E-state index in [9.17, 15) is 9.59 Å². The second kappa shape index (κ2) is 7.92. The van der Waals surface area contributed by atoms with E-state index in [4.69, 9.17) is 14.6 Å². The minimum Gasteiger partial charge on any atom is -0.463 e. The van der Waals surface area contributed by atoms with Gasteiger partial charge in [0.15, 0.2) is 0 Å². The van der Waals surface area contributed by atoms with Crippen LogP contribution in [0.2, 0.25) is 0 Å². The zero-order chi connectivity index (χ0) is 17.6. The van der Waals surface area contributed by atoms with Crippen LogP contribution >= 0.6 is 0 Å². The highest BCUT2D eigenvalue weighted by Crippen LogP contribution is 2.35. The third kappa shape index (κ3) is 7.75.